The van der Waals surface area contributed by atoms with E-state index in [-0.39, 0.29) is 21.4 Å². The van der Waals surface area contributed by atoms with Crippen molar-refractivity contribution < 1.29 is 14.7 Å². The van der Waals surface area contributed by atoms with Gasteiger partial charge in [0.05, 0.1) is 10.0 Å². The lowest BCUT2D eigenvalue weighted by molar-refractivity contribution is -0.117. The Labute approximate surface area is 109 Å². The molecule has 0 amide bonds. The number of hydrogen-bond donors (Lipinski definition) is 1. The van der Waals surface area contributed by atoms with Gasteiger partial charge in [0, 0.05) is 17.0 Å². The Balaban J connectivity index is 3.34. The Kier molecular flexibility index (Phi) is 4.17. The van der Waals surface area contributed by atoms with E-state index in [0.717, 1.165) is 0 Å². The smallest absolute Gasteiger partial charge is 0.230 e. The maximum Gasteiger partial charge on any atom is 0.230 e. The highest BCUT2D eigenvalue weighted by atomic mass is 35.5. The van der Waals surface area contributed by atoms with Crippen molar-refractivity contribution in [3.63, 3.8) is 0 Å². The van der Waals surface area contributed by atoms with E-state index in [1.807, 2.05) is 0 Å². The first-order valence-electron chi connectivity index (χ1n) is 5.03. The molecule has 0 heterocycles. The van der Waals surface area contributed by atoms with Gasteiger partial charge in [-0.1, -0.05) is 37.0 Å². The summed E-state index contributed by atoms with van der Waals surface area (Å²) >= 11 is 11.7. The van der Waals surface area contributed by atoms with E-state index in [4.69, 9.17) is 23.2 Å². The van der Waals surface area contributed by atoms with E-state index >= 15 is 0 Å². The van der Waals surface area contributed by atoms with E-state index in [2.05, 4.69) is 0 Å². The third kappa shape index (κ3) is 2.61. The second-order valence-electron chi connectivity index (χ2n) is 4.04. The van der Waals surface area contributed by atoms with Crippen LogP contribution < -0.4 is 0 Å². The molecule has 0 aliphatic heterocycles. The van der Waals surface area contributed by atoms with E-state index in [9.17, 15) is 14.7 Å². The summed E-state index contributed by atoms with van der Waals surface area (Å²) in [6, 6.07) is 1.22. The SMILES string of the molecule is Cc1c(O)c(Cl)cc(C(=O)C(=O)C(C)C)c1Cl. The summed E-state index contributed by atoms with van der Waals surface area (Å²) in [6.07, 6.45) is 0. The van der Waals surface area contributed by atoms with Crippen LogP contribution in [-0.4, -0.2) is 16.7 Å². The van der Waals surface area contributed by atoms with Gasteiger partial charge < -0.3 is 5.11 Å². The number of phenolic OH excluding ortho intramolecular Hbond substituents is 1. The average Bonchev–Trinajstić information content (AvgIpc) is 2.29. The highest BCUT2D eigenvalue weighted by molar-refractivity contribution is 6.49. The Morgan fingerprint density at radius 1 is 1.29 bits per heavy atom. The van der Waals surface area contributed by atoms with Crippen molar-refractivity contribution in [2.45, 2.75) is 20.8 Å². The van der Waals surface area contributed by atoms with Crippen molar-refractivity contribution in [3.05, 3.63) is 27.2 Å². The standard InChI is InChI=1S/C12H12Cl2O3/c1-5(2)10(15)12(17)7-4-8(13)11(16)6(3)9(7)14/h4-5,16H,1-3H3. The normalized spacial score (nSPS) is 10.7. The molecule has 0 spiro atoms. The van der Waals surface area contributed by atoms with E-state index in [1.165, 1.54) is 13.0 Å². The van der Waals surface area contributed by atoms with Crippen LogP contribution in [0, 0.1) is 12.8 Å². The van der Waals surface area contributed by atoms with Gasteiger partial charge in [-0.05, 0) is 13.0 Å². The number of Topliss-reactive ketones (excluding diaryl/α,β-unsaturated/α-hetero) is 2. The molecule has 5 heteroatoms. The van der Waals surface area contributed by atoms with Crippen molar-refractivity contribution in [1.82, 2.24) is 0 Å². The molecule has 92 valence electrons. The van der Waals surface area contributed by atoms with Crippen LogP contribution in [0.25, 0.3) is 0 Å². The quantitative estimate of drug-likeness (QED) is 0.679. The lowest BCUT2D eigenvalue weighted by Crippen LogP contribution is -2.20. The number of hydrogen-bond acceptors (Lipinski definition) is 3. The molecule has 0 unspecified atom stereocenters. The Morgan fingerprint density at radius 2 is 1.82 bits per heavy atom. The lowest BCUT2D eigenvalue weighted by Gasteiger charge is -2.10. The first-order chi connectivity index (χ1) is 7.77. The number of halogens is 2. The fraction of sp³-hybridized carbons (Fsp3) is 0.333. The van der Waals surface area contributed by atoms with Gasteiger partial charge in [0.1, 0.15) is 5.75 Å². The molecule has 0 aliphatic rings. The Hall–Kier alpha value is -1.06. The highest BCUT2D eigenvalue weighted by Gasteiger charge is 2.24. The first-order valence-corrected chi connectivity index (χ1v) is 5.79. The first kappa shape index (κ1) is 14.0. The summed E-state index contributed by atoms with van der Waals surface area (Å²) in [5.74, 6) is -1.81. The molecule has 0 aliphatic carbocycles. The molecule has 0 atom stereocenters. The number of carbonyl (C=O) groups is 2. The molecule has 0 radical (unpaired) electrons. The van der Waals surface area contributed by atoms with Gasteiger partial charge in [-0.3, -0.25) is 9.59 Å². The number of ketones is 2. The zero-order valence-electron chi connectivity index (χ0n) is 9.67. The summed E-state index contributed by atoms with van der Waals surface area (Å²) in [6.45, 7) is 4.78. The predicted molar refractivity (Wildman–Crippen MR) is 67.0 cm³/mol. The van der Waals surface area contributed by atoms with Crippen molar-refractivity contribution in [3.8, 4) is 5.75 Å². The summed E-state index contributed by atoms with van der Waals surface area (Å²) in [5.41, 5.74) is 0.324. The highest BCUT2D eigenvalue weighted by Crippen LogP contribution is 2.35. The fourth-order valence-corrected chi connectivity index (χ4v) is 1.78. The minimum absolute atomic E-state index is 0.00630. The van der Waals surface area contributed by atoms with Crippen molar-refractivity contribution in [1.29, 1.82) is 0 Å². The molecule has 0 aromatic heterocycles. The molecule has 1 N–H and O–H groups in total. The Morgan fingerprint density at radius 3 is 2.29 bits per heavy atom. The van der Waals surface area contributed by atoms with Gasteiger partial charge in [0.2, 0.25) is 11.6 Å². The lowest BCUT2D eigenvalue weighted by atomic mass is 9.98. The summed E-state index contributed by atoms with van der Waals surface area (Å²) in [5, 5.41) is 9.60. The zero-order chi connectivity index (χ0) is 13.3. The van der Waals surface area contributed by atoms with Gasteiger partial charge in [0.15, 0.2) is 0 Å². The van der Waals surface area contributed by atoms with Crippen LogP contribution in [0.5, 0.6) is 5.75 Å². The van der Waals surface area contributed by atoms with Crippen LogP contribution in [0.1, 0.15) is 29.8 Å². The van der Waals surface area contributed by atoms with Gasteiger partial charge >= 0.3 is 0 Å². The van der Waals surface area contributed by atoms with Crippen LogP contribution in [0.4, 0.5) is 0 Å². The molecule has 17 heavy (non-hydrogen) atoms. The third-order valence-corrected chi connectivity index (χ3v) is 3.19. The van der Waals surface area contributed by atoms with Gasteiger partial charge in [-0.2, -0.15) is 0 Å². The predicted octanol–water partition coefficient (Wildman–Crippen LogP) is 3.42. The topological polar surface area (TPSA) is 54.4 Å². The van der Waals surface area contributed by atoms with Crippen LogP contribution >= 0.6 is 23.2 Å². The van der Waals surface area contributed by atoms with Crippen molar-refractivity contribution in [2.75, 3.05) is 0 Å². The molecular weight excluding hydrogens is 263 g/mol. The van der Waals surface area contributed by atoms with Crippen molar-refractivity contribution >= 4 is 34.8 Å². The molecule has 0 saturated carbocycles. The molecule has 1 aromatic rings. The molecule has 0 bridgehead atoms. The van der Waals surface area contributed by atoms with Gasteiger partial charge in [-0.25, -0.2) is 0 Å². The van der Waals surface area contributed by atoms with Crippen LogP contribution in [-0.2, 0) is 4.79 Å². The van der Waals surface area contributed by atoms with E-state index in [1.54, 1.807) is 13.8 Å². The van der Waals surface area contributed by atoms with E-state index in [0.29, 0.717) is 5.56 Å². The van der Waals surface area contributed by atoms with Crippen LogP contribution in [0.2, 0.25) is 10.0 Å². The van der Waals surface area contributed by atoms with Crippen molar-refractivity contribution in [2.24, 2.45) is 5.92 Å². The molecule has 3 nitrogen and oxygen atoms in total. The maximum absolute atomic E-state index is 11.8. The van der Waals surface area contributed by atoms with E-state index < -0.39 is 17.5 Å². The molecular formula is C12H12Cl2O3. The average molecular weight is 275 g/mol. The van der Waals surface area contributed by atoms with Crippen LogP contribution in [0.15, 0.2) is 6.07 Å². The number of benzene rings is 1. The largest absolute Gasteiger partial charge is 0.506 e. The second kappa shape index (κ2) is 5.07. The minimum atomic E-state index is -0.685. The summed E-state index contributed by atoms with van der Waals surface area (Å²) in [4.78, 5) is 23.4. The number of aromatic hydroxyl groups is 1. The molecule has 1 rings (SSSR count). The monoisotopic (exact) mass is 274 g/mol. The zero-order valence-corrected chi connectivity index (χ0v) is 11.2. The Bertz CT molecular complexity index is 493. The third-order valence-electron chi connectivity index (χ3n) is 2.41. The maximum atomic E-state index is 11.8. The summed E-state index contributed by atoms with van der Waals surface area (Å²) in [7, 11) is 0. The second-order valence-corrected chi connectivity index (χ2v) is 4.83. The molecule has 1 aromatic carbocycles. The number of carbonyl (C=O) groups excluding carboxylic acids is 2. The fourth-order valence-electron chi connectivity index (χ4n) is 1.30. The van der Waals surface area contributed by atoms with Crippen LogP contribution in [0.3, 0.4) is 0 Å². The molecule has 0 saturated heterocycles. The molecule has 0 fully saturated rings. The van der Waals surface area contributed by atoms with Gasteiger partial charge in [-0.15, -0.1) is 0 Å². The van der Waals surface area contributed by atoms with Gasteiger partial charge in [0.25, 0.3) is 0 Å². The number of rotatable bonds is 3. The number of phenols is 1. The minimum Gasteiger partial charge on any atom is -0.506 e. The summed E-state index contributed by atoms with van der Waals surface area (Å²) < 4.78 is 0.